The van der Waals surface area contributed by atoms with Crippen molar-refractivity contribution < 1.29 is 19.5 Å². The average Bonchev–Trinajstić information content (AvgIpc) is 3.06. The van der Waals surface area contributed by atoms with Gasteiger partial charge in [-0.2, -0.15) is 0 Å². The molecule has 4 heterocycles. The molecule has 2 aromatic heterocycles. The van der Waals surface area contributed by atoms with Crippen LogP contribution in [0, 0.1) is 5.92 Å². The first-order valence-corrected chi connectivity index (χ1v) is 10.8. The molecule has 1 fully saturated rings. The molecule has 2 bridgehead atoms. The summed E-state index contributed by atoms with van der Waals surface area (Å²) in [5.74, 6) is -2.62. The van der Waals surface area contributed by atoms with Crippen molar-refractivity contribution >= 4 is 17.7 Å². The Hall–Kier alpha value is -3.76. The Morgan fingerprint density at radius 3 is 2.52 bits per heavy atom. The maximum atomic E-state index is 13.1. The first-order chi connectivity index (χ1) is 15.7. The van der Waals surface area contributed by atoms with Crippen molar-refractivity contribution in [2.45, 2.75) is 44.3 Å². The standard InChI is InChI=1S/C22H26N6O5/c1-27(2)20(33)18(31)26-22-7-3-14(4-8-22)12-28-19(32)16(29)15(25-21(22)28)17(30)24-11-13-5-9-23-10-6-13/h5-6,9-10,14,29H,3-4,7-8,11-12H2,1-2H3,(H,24,30)(H,26,31). The van der Waals surface area contributed by atoms with Gasteiger partial charge in [-0.1, -0.05) is 0 Å². The molecule has 33 heavy (non-hydrogen) atoms. The largest absolute Gasteiger partial charge is 0.501 e. The summed E-state index contributed by atoms with van der Waals surface area (Å²) in [6.45, 7) is 0.481. The number of fused-ring (bicyclic) bond motifs is 2. The molecule has 0 atom stereocenters. The molecule has 5 rings (SSSR count). The maximum absolute atomic E-state index is 13.1. The normalized spacial score (nSPS) is 21.0. The second-order valence-corrected chi connectivity index (χ2v) is 8.77. The average molecular weight is 454 g/mol. The summed E-state index contributed by atoms with van der Waals surface area (Å²) in [5.41, 5.74) is -1.43. The Bertz CT molecular complexity index is 1150. The van der Waals surface area contributed by atoms with E-state index in [-0.39, 0.29) is 18.3 Å². The molecule has 2 aromatic rings. The Morgan fingerprint density at radius 1 is 1.21 bits per heavy atom. The van der Waals surface area contributed by atoms with Crippen LogP contribution >= 0.6 is 0 Å². The molecule has 0 radical (unpaired) electrons. The summed E-state index contributed by atoms with van der Waals surface area (Å²) in [6.07, 6.45) is 5.54. The van der Waals surface area contributed by atoms with Crippen LogP contribution in [0.25, 0.3) is 0 Å². The molecule has 11 heteroatoms. The highest BCUT2D eigenvalue weighted by Gasteiger charge is 2.46. The lowest BCUT2D eigenvalue weighted by molar-refractivity contribution is -0.145. The zero-order valence-electron chi connectivity index (χ0n) is 18.5. The van der Waals surface area contributed by atoms with Gasteiger partial charge in [-0.3, -0.25) is 28.7 Å². The number of aromatic hydroxyl groups is 1. The van der Waals surface area contributed by atoms with E-state index < -0.39 is 40.3 Å². The van der Waals surface area contributed by atoms with E-state index in [0.717, 1.165) is 5.56 Å². The minimum atomic E-state index is -1.08. The molecule has 174 valence electrons. The number of nitrogens with zero attached hydrogens (tertiary/aromatic N) is 4. The first kappa shape index (κ1) is 22.4. The fourth-order valence-electron chi connectivity index (χ4n) is 4.49. The lowest BCUT2D eigenvalue weighted by atomic mass is 9.77. The predicted octanol–water partition coefficient (Wildman–Crippen LogP) is -0.123. The second kappa shape index (κ2) is 8.64. The van der Waals surface area contributed by atoms with Crippen molar-refractivity contribution in [2.24, 2.45) is 5.92 Å². The lowest BCUT2D eigenvalue weighted by Crippen LogP contribution is -2.53. The number of nitrogens with one attached hydrogen (secondary N) is 2. The van der Waals surface area contributed by atoms with Crippen LogP contribution in [-0.4, -0.2) is 56.4 Å². The Balaban J connectivity index is 1.72. The van der Waals surface area contributed by atoms with Crippen molar-refractivity contribution in [2.75, 3.05) is 14.1 Å². The van der Waals surface area contributed by atoms with Crippen molar-refractivity contribution in [1.29, 1.82) is 0 Å². The fraction of sp³-hybridized carbons (Fsp3) is 0.455. The van der Waals surface area contributed by atoms with Gasteiger partial charge in [-0.15, -0.1) is 0 Å². The van der Waals surface area contributed by atoms with Gasteiger partial charge < -0.3 is 20.6 Å². The molecular formula is C22H26N6O5. The van der Waals surface area contributed by atoms with Crippen LogP contribution in [0.1, 0.15) is 47.6 Å². The third-order valence-corrected chi connectivity index (χ3v) is 6.34. The van der Waals surface area contributed by atoms with Gasteiger partial charge in [-0.05, 0) is 49.3 Å². The molecule has 11 nitrogen and oxygen atoms in total. The van der Waals surface area contributed by atoms with Crippen molar-refractivity contribution in [1.82, 2.24) is 30.1 Å². The lowest BCUT2D eigenvalue weighted by Gasteiger charge is -2.37. The number of carbonyl (C=O) groups excluding carboxylic acids is 3. The molecule has 2 aliphatic heterocycles. The maximum Gasteiger partial charge on any atom is 0.311 e. The van der Waals surface area contributed by atoms with E-state index >= 15 is 0 Å². The topological polar surface area (TPSA) is 147 Å². The van der Waals surface area contributed by atoms with Crippen LogP contribution in [0.4, 0.5) is 0 Å². The predicted molar refractivity (Wildman–Crippen MR) is 116 cm³/mol. The molecule has 0 spiro atoms. The van der Waals surface area contributed by atoms with E-state index in [0.29, 0.717) is 32.2 Å². The second-order valence-electron chi connectivity index (χ2n) is 8.77. The molecule has 1 saturated carbocycles. The van der Waals surface area contributed by atoms with Gasteiger partial charge in [0.25, 0.3) is 11.5 Å². The van der Waals surface area contributed by atoms with E-state index in [1.165, 1.54) is 23.6 Å². The van der Waals surface area contributed by atoms with E-state index in [1.807, 2.05) is 0 Å². The highest BCUT2D eigenvalue weighted by Crippen LogP contribution is 2.42. The molecule has 0 unspecified atom stereocenters. The van der Waals surface area contributed by atoms with Gasteiger partial charge in [-0.25, -0.2) is 4.98 Å². The van der Waals surface area contributed by atoms with Gasteiger partial charge in [0.2, 0.25) is 5.75 Å². The Morgan fingerprint density at radius 2 is 1.88 bits per heavy atom. The van der Waals surface area contributed by atoms with Crippen molar-refractivity contribution in [3.8, 4) is 5.75 Å². The number of hydrogen-bond donors (Lipinski definition) is 3. The minimum absolute atomic E-state index is 0.155. The molecule has 3 N–H and O–H groups in total. The van der Waals surface area contributed by atoms with E-state index in [4.69, 9.17) is 0 Å². The number of hydrogen-bond acceptors (Lipinski definition) is 7. The van der Waals surface area contributed by atoms with Crippen LogP contribution in [0.3, 0.4) is 0 Å². The summed E-state index contributed by atoms with van der Waals surface area (Å²) in [5, 5.41) is 16.0. The van der Waals surface area contributed by atoms with E-state index in [1.54, 1.807) is 24.5 Å². The number of pyridine rings is 1. The van der Waals surface area contributed by atoms with Crippen molar-refractivity contribution in [3.05, 3.63) is 52.0 Å². The number of amides is 3. The molecule has 0 saturated heterocycles. The summed E-state index contributed by atoms with van der Waals surface area (Å²) in [4.78, 5) is 60.2. The highest BCUT2D eigenvalue weighted by molar-refractivity contribution is 6.35. The molecule has 0 aromatic carbocycles. The van der Waals surface area contributed by atoms with Gasteiger partial charge in [0.15, 0.2) is 5.69 Å². The number of rotatable bonds is 4. The number of likely N-dealkylation sites (N-methyl/N-ethyl adjacent to an activating group) is 1. The third kappa shape index (κ3) is 4.18. The Kier molecular flexibility index (Phi) is 5.88. The van der Waals surface area contributed by atoms with Gasteiger partial charge in [0.1, 0.15) is 5.82 Å². The highest BCUT2D eigenvalue weighted by atomic mass is 16.3. The number of carbonyl (C=O) groups is 3. The van der Waals surface area contributed by atoms with Crippen LogP contribution in [-0.2, 0) is 28.2 Å². The molecular weight excluding hydrogens is 428 g/mol. The van der Waals surface area contributed by atoms with Crippen LogP contribution < -0.4 is 16.2 Å². The number of aromatic nitrogens is 3. The first-order valence-electron chi connectivity index (χ1n) is 10.8. The minimum Gasteiger partial charge on any atom is -0.501 e. The van der Waals surface area contributed by atoms with Gasteiger partial charge in [0.05, 0.1) is 5.54 Å². The smallest absolute Gasteiger partial charge is 0.311 e. The summed E-state index contributed by atoms with van der Waals surface area (Å²) in [7, 11) is 2.95. The fourth-order valence-corrected chi connectivity index (χ4v) is 4.49. The Labute approximate surface area is 189 Å². The SMILES string of the molecule is CN(C)C(=O)C(=O)NC12CCC(CC1)Cn1c2nc(C(=O)NCc2ccncc2)c(O)c1=O. The van der Waals surface area contributed by atoms with Crippen LogP contribution in [0.5, 0.6) is 5.75 Å². The molecule has 3 amide bonds. The van der Waals surface area contributed by atoms with Crippen molar-refractivity contribution in [3.63, 3.8) is 0 Å². The van der Waals surface area contributed by atoms with Gasteiger partial charge >= 0.3 is 11.8 Å². The monoisotopic (exact) mass is 454 g/mol. The zero-order valence-corrected chi connectivity index (χ0v) is 18.5. The van der Waals surface area contributed by atoms with Crippen LogP contribution in [0.15, 0.2) is 29.3 Å². The molecule has 3 aliphatic rings. The van der Waals surface area contributed by atoms with E-state index in [2.05, 4.69) is 20.6 Å². The summed E-state index contributed by atoms with van der Waals surface area (Å²) in [6, 6.07) is 3.45. The third-order valence-electron chi connectivity index (χ3n) is 6.34. The van der Waals surface area contributed by atoms with Crippen LogP contribution in [0.2, 0.25) is 0 Å². The summed E-state index contributed by atoms with van der Waals surface area (Å²) >= 11 is 0. The van der Waals surface area contributed by atoms with E-state index in [9.17, 15) is 24.3 Å². The zero-order chi connectivity index (χ0) is 23.8. The quantitative estimate of drug-likeness (QED) is 0.546. The van der Waals surface area contributed by atoms with Gasteiger partial charge in [0, 0.05) is 39.6 Å². The molecule has 1 aliphatic carbocycles. The summed E-state index contributed by atoms with van der Waals surface area (Å²) < 4.78 is 1.33.